The lowest BCUT2D eigenvalue weighted by molar-refractivity contribution is 0.412. The van der Waals surface area contributed by atoms with Crippen molar-refractivity contribution in [2.75, 3.05) is 12.4 Å². The molecule has 0 bridgehead atoms. The van der Waals surface area contributed by atoms with Crippen LogP contribution in [-0.2, 0) is 19.4 Å². The molecular formula is C21H21NO3. The lowest BCUT2D eigenvalue weighted by Gasteiger charge is -2.12. The second-order valence-corrected chi connectivity index (χ2v) is 6.60. The summed E-state index contributed by atoms with van der Waals surface area (Å²) in [6.07, 6.45) is 3.35. The first-order chi connectivity index (χ1) is 12.1. The van der Waals surface area contributed by atoms with Crippen LogP contribution < -0.4 is 15.7 Å². The number of methoxy groups -OCH3 is 1. The van der Waals surface area contributed by atoms with Gasteiger partial charge in [-0.25, -0.2) is 4.79 Å². The first-order valence-electron chi connectivity index (χ1n) is 8.61. The zero-order chi connectivity index (χ0) is 17.4. The highest BCUT2D eigenvalue weighted by Gasteiger charge is 2.15. The summed E-state index contributed by atoms with van der Waals surface area (Å²) in [5.41, 5.74) is 6.12. The second kappa shape index (κ2) is 6.28. The maximum atomic E-state index is 11.9. The summed E-state index contributed by atoms with van der Waals surface area (Å²) in [6.45, 7) is 2.59. The van der Waals surface area contributed by atoms with Gasteiger partial charge in [0.15, 0.2) is 0 Å². The van der Waals surface area contributed by atoms with E-state index in [1.54, 1.807) is 13.2 Å². The number of rotatable bonds is 4. The van der Waals surface area contributed by atoms with Gasteiger partial charge >= 0.3 is 5.63 Å². The van der Waals surface area contributed by atoms with Crippen molar-refractivity contribution >= 4 is 16.7 Å². The fourth-order valence-corrected chi connectivity index (χ4v) is 3.63. The van der Waals surface area contributed by atoms with Crippen LogP contribution in [0.5, 0.6) is 5.75 Å². The van der Waals surface area contributed by atoms with Crippen LogP contribution in [0.4, 0.5) is 5.69 Å². The van der Waals surface area contributed by atoms with Gasteiger partial charge in [-0.05, 0) is 78.8 Å². The maximum Gasteiger partial charge on any atom is 0.336 e. The summed E-state index contributed by atoms with van der Waals surface area (Å²) >= 11 is 0. The van der Waals surface area contributed by atoms with Crippen LogP contribution in [0.15, 0.2) is 45.6 Å². The first-order valence-corrected chi connectivity index (χ1v) is 8.61. The summed E-state index contributed by atoms with van der Waals surface area (Å²) in [7, 11) is 1.67. The topological polar surface area (TPSA) is 51.5 Å². The maximum absolute atomic E-state index is 11.9. The molecule has 0 spiro atoms. The number of anilines is 1. The number of hydrogen-bond acceptors (Lipinski definition) is 4. The van der Waals surface area contributed by atoms with E-state index in [9.17, 15) is 4.79 Å². The van der Waals surface area contributed by atoms with Crippen LogP contribution in [0.2, 0.25) is 0 Å². The molecule has 25 heavy (non-hydrogen) atoms. The van der Waals surface area contributed by atoms with E-state index >= 15 is 0 Å². The Kier molecular flexibility index (Phi) is 3.96. The minimum absolute atomic E-state index is 0.298. The molecule has 4 heteroatoms. The van der Waals surface area contributed by atoms with Crippen molar-refractivity contribution in [1.82, 2.24) is 0 Å². The van der Waals surface area contributed by atoms with E-state index < -0.39 is 0 Å². The first kappa shape index (κ1) is 15.8. The van der Waals surface area contributed by atoms with Crippen molar-refractivity contribution in [3.63, 3.8) is 0 Å². The average molecular weight is 335 g/mol. The monoisotopic (exact) mass is 335 g/mol. The third kappa shape index (κ3) is 3.00. The molecule has 1 aliphatic carbocycles. The Morgan fingerprint density at radius 1 is 1.12 bits per heavy atom. The molecule has 0 fully saturated rings. The molecule has 0 aliphatic heterocycles. The minimum atomic E-state index is -0.298. The van der Waals surface area contributed by atoms with Crippen LogP contribution >= 0.6 is 0 Å². The number of aryl methyl sites for hydroxylation is 3. The number of nitrogens with one attached hydrogen (secondary N) is 1. The van der Waals surface area contributed by atoms with E-state index in [1.165, 1.54) is 17.5 Å². The standard InChI is InChI=1S/C21H21NO3/c1-13-8-17(6-7-19(13)24-2)22-12-16-11-21(23)25-20-10-15-5-3-4-14(15)9-18(16)20/h6-11,22H,3-5,12H2,1-2H3. The van der Waals surface area contributed by atoms with Gasteiger partial charge in [-0.3, -0.25) is 0 Å². The predicted octanol–water partition coefficient (Wildman–Crippen LogP) is 4.21. The average Bonchev–Trinajstić information content (AvgIpc) is 3.05. The summed E-state index contributed by atoms with van der Waals surface area (Å²) in [4.78, 5) is 11.9. The van der Waals surface area contributed by atoms with Crippen LogP contribution in [0.1, 0.15) is 28.7 Å². The van der Waals surface area contributed by atoms with E-state index in [-0.39, 0.29) is 5.63 Å². The molecule has 0 radical (unpaired) electrons. The molecular weight excluding hydrogens is 314 g/mol. The zero-order valence-electron chi connectivity index (χ0n) is 14.5. The van der Waals surface area contributed by atoms with Gasteiger partial charge in [-0.15, -0.1) is 0 Å². The van der Waals surface area contributed by atoms with E-state index in [0.717, 1.165) is 40.8 Å². The third-order valence-electron chi connectivity index (χ3n) is 4.92. The number of ether oxygens (including phenoxy) is 1. The van der Waals surface area contributed by atoms with Gasteiger partial charge in [0.05, 0.1) is 7.11 Å². The van der Waals surface area contributed by atoms with Gasteiger partial charge < -0.3 is 14.5 Å². The lowest BCUT2D eigenvalue weighted by atomic mass is 10.0. The Balaban J connectivity index is 1.67. The summed E-state index contributed by atoms with van der Waals surface area (Å²) in [6, 6.07) is 11.8. The van der Waals surface area contributed by atoms with E-state index in [2.05, 4.69) is 11.4 Å². The van der Waals surface area contributed by atoms with Crippen molar-refractivity contribution in [3.05, 3.63) is 69.1 Å². The Hall–Kier alpha value is -2.75. The molecule has 1 heterocycles. The third-order valence-corrected chi connectivity index (χ3v) is 4.92. The molecule has 0 unspecified atom stereocenters. The Morgan fingerprint density at radius 3 is 2.68 bits per heavy atom. The van der Waals surface area contributed by atoms with Crippen molar-refractivity contribution in [1.29, 1.82) is 0 Å². The highest BCUT2D eigenvalue weighted by atomic mass is 16.5. The van der Waals surface area contributed by atoms with Crippen molar-refractivity contribution in [2.45, 2.75) is 32.7 Å². The molecule has 128 valence electrons. The van der Waals surface area contributed by atoms with Crippen LogP contribution in [0.3, 0.4) is 0 Å². The number of benzene rings is 2. The molecule has 1 aromatic heterocycles. The Labute approximate surface area is 146 Å². The minimum Gasteiger partial charge on any atom is -0.496 e. The molecule has 3 aromatic rings. The quantitative estimate of drug-likeness (QED) is 0.726. The van der Waals surface area contributed by atoms with Crippen molar-refractivity contribution in [3.8, 4) is 5.75 Å². The fourth-order valence-electron chi connectivity index (χ4n) is 3.63. The van der Waals surface area contributed by atoms with Gasteiger partial charge in [0.2, 0.25) is 0 Å². The van der Waals surface area contributed by atoms with Gasteiger partial charge in [-0.1, -0.05) is 0 Å². The zero-order valence-corrected chi connectivity index (χ0v) is 14.5. The number of fused-ring (bicyclic) bond motifs is 2. The van der Waals surface area contributed by atoms with E-state index in [0.29, 0.717) is 12.1 Å². The molecule has 1 aliphatic rings. The molecule has 1 N–H and O–H groups in total. The van der Waals surface area contributed by atoms with Gasteiger partial charge in [0.25, 0.3) is 0 Å². The molecule has 0 saturated heterocycles. The lowest BCUT2D eigenvalue weighted by Crippen LogP contribution is -2.06. The number of hydrogen-bond donors (Lipinski definition) is 1. The summed E-state index contributed by atoms with van der Waals surface area (Å²) in [5, 5.41) is 4.43. The molecule has 4 nitrogen and oxygen atoms in total. The van der Waals surface area contributed by atoms with Crippen LogP contribution in [0.25, 0.3) is 11.0 Å². The van der Waals surface area contributed by atoms with Crippen LogP contribution in [0, 0.1) is 6.92 Å². The molecule has 2 aromatic carbocycles. The summed E-state index contributed by atoms with van der Waals surface area (Å²) < 4.78 is 10.7. The van der Waals surface area contributed by atoms with Crippen molar-refractivity contribution < 1.29 is 9.15 Å². The highest BCUT2D eigenvalue weighted by Crippen LogP contribution is 2.29. The molecule has 0 saturated carbocycles. The summed E-state index contributed by atoms with van der Waals surface area (Å²) in [5.74, 6) is 0.868. The Bertz CT molecular complexity index is 1000. The molecule has 4 rings (SSSR count). The highest BCUT2D eigenvalue weighted by molar-refractivity contribution is 5.82. The van der Waals surface area contributed by atoms with E-state index in [4.69, 9.17) is 9.15 Å². The van der Waals surface area contributed by atoms with E-state index in [1.807, 2.05) is 31.2 Å². The molecule has 0 amide bonds. The largest absolute Gasteiger partial charge is 0.496 e. The second-order valence-electron chi connectivity index (χ2n) is 6.60. The predicted molar refractivity (Wildman–Crippen MR) is 99.6 cm³/mol. The molecule has 0 atom stereocenters. The van der Waals surface area contributed by atoms with Crippen molar-refractivity contribution in [2.24, 2.45) is 0 Å². The van der Waals surface area contributed by atoms with Gasteiger partial charge in [0, 0.05) is 23.7 Å². The normalized spacial score (nSPS) is 13.0. The van der Waals surface area contributed by atoms with Crippen LogP contribution in [-0.4, -0.2) is 7.11 Å². The van der Waals surface area contributed by atoms with Gasteiger partial charge in [0.1, 0.15) is 11.3 Å². The SMILES string of the molecule is COc1ccc(NCc2cc(=O)oc3cc4c(cc23)CCC4)cc1C. The van der Waals surface area contributed by atoms with Gasteiger partial charge in [-0.2, -0.15) is 0 Å². The Morgan fingerprint density at radius 2 is 1.92 bits per heavy atom. The smallest absolute Gasteiger partial charge is 0.336 e. The fraction of sp³-hybridized carbons (Fsp3) is 0.286.